The molecule has 0 atom stereocenters. The molecule has 1 fully saturated rings. The van der Waals surface area contributed by atoms with Crippen molar-refractivity contribution in [1.29, 1.82) is 0 Å². The minimum absolute atomic E-state index is 0.0528. The number of aryl methyl sites for hydroxylation is 2. The van der Waals surface area contributed by atoms with E-state index < -0.39 is 0 Å². The highest BCUT2D eigenvalue weighted by Gasteiger charge is 2.15. The summed E-state index contributed by atoms with van der Waals surface area (Å²) >= 11 is 0. The second-order valence-corrected chi connectivity index (χ2v) is 5.39. The largest absolute Gasteiger partial charge is 0.368 e. The molecule has 1 aromatic carbocycles. The molecule has 0 bridgehead atoms. The standard InChI is InChI=1S/C16H23NO2/c1-12-7-6-8-13(2)16(12)17-15(18)11-19-14-9-4-3-5-10-14/h6-8,14H,3-5,9-11H2,1-2H3,(H,17,18). The van der Waals surface area contributed by atoms with Gasteiger partial charge in [-0.2, -0.15) is 0 Å². The number of carbonyl (C=O) groups is 1. The zero-order valence-electron chi connectivity index (χ0n) is 11.9. The van der Waals surface area contributed by atoms with Gasteiger partial charge < -0.3 is 10.1 Å². The Morgan fingerprint density at radius 3 is 2.47 bits per heavy atom. The van der Waals surface area contributed by atoms with Crippen LogP contribution in [0.5, 0.6) is 0 Å². The average molecular weight is 261 g/mol. The zero-order valence-corrected chi connectivity index (χ0v) is 11.9. The summed E-state index contributed by atoms with van der Waals surface area (Å²) in [6, 6.07) is 6.01. The fourth-order valence-electron chi connectivity index (χ4n) is 2.61. The van der Waals surface area contributed by atoms with Crippen molar-refractivity contribution >= 4 is 11.6 Å². The lowest BCUT2D eigenvalue weighted by atomic mass is 9.98. The van der Waals surface area contributed by atoms with Crippen LogP contribution in [0, 0.1) is 13.8 Å². The van der Waals surface area contributed by atoms with E-state index in [1.54, 1.807) is 0 Å². The minimum atomic E-state index is -0.0528. The summed E-state index contributed by atoms with van der Waals surface area (Å²) in [7, 11) is 0. The molecular formula is C16H23NO2. The smallest absolute Gasteiger partial charge is 0.250 e. The molecule has 0 unspecified atom stereocenters. The van der Waals surface area contributed by atoms with Gasteiger partial charge >= 0.3 is 0 Å². The fourth-order valence-corrected chi connectivity index (χ4v) is 2.61. The number of amides is 1. The lowest BCUT2D eigenvalue weighted by Gasteiger charge is -2.21. The van der Waals surface area contributed by atoms with E-state index in [9.17, 15) is 4.79 Å². The SMILES string of the molecule is Cc1cccc(C)c1NC(=O)COC1CCCCC1. The summed E-state index contributed by atoms with van der Waals surface area (Å²) in [4.78, 5) is 11.9. The van der Waals surface area contributed by atoms with Crippen LogP contribution in [0.25, 0.3) is 0 Å². The topological polar surface area (TPSA) is 38.3 Å². The van der Waals surface area contributed by atoms with Crippen LogP contribution in [0.1, 0.15) is 43.2 Å². The van der Waals surface area contributed by atoms with Crippen molar-refractivity contribution in [2.75, 3.05) is 11.9 Å². The van der Waals surface area contributed by atoms with Crippen molar-refractivity contribution < 1.29 is 9.53 Å². The summed E-state index contributed by atoms with van der Waals surface area (Å²) in [6.07, 6.45) is 6.21. The van der Waals surface area contributed by atoms with Crippen molar-refractivity contribution in [3.05, 3.63) is 29.3 Å². The second-order valence-electron chi connectivity index (χ2n) is 5.39. The van der Waals surface area contributed by atoms with Gasteiger partial charge in [0.2, 0.25) is 5.91 Å². The lowest BCUT2D eigenvalue weighted by Crippen LogP contribution is -2.25. The van der Waals surface area contributed by atoms with Crippen LogP contribution >= 0.6 is 0 Å². The first-order valence-electron chi connectivity index (χ1n) is 7.14. The number of rotatable bonds is 4. The molecule has 0 aromatic heterocycles. The summed E-state index contributed by atoms with van der Waals surface area (Å²) in [5.41, 5.74) is 3.09. The molecule has 2 rings (SSSR count). The van der Waals surface area contributed by atoms with Gasteiger partial charge in [0, 0.05) is 5.69 Å². The van der Waals surface area contributed by atoms with E-state index in [1.165, 1.54) is 19.3 Å². The number of ether oxygens (including phenoxy) is 1. The number of nitrogens with one attached hydrogen (secondary N) is 1. The van der Waals surface area contributed by atoms with Crippen LogP contribution in [-0.4, -0.2) is 18.6 Å². The molecule has 0 saturated heterocycles. The summed E-state index contributed by atoms with van der Waals surface area (Å²) in [5.74, 6) is -0.0528. The molecule has 0 aliphatic heterocycles. The Balaban J connectivity index is 1.83. The van der Waals surface area contributed by atoms with Gasteiger partial charge in [0.15, 0.2) is 0 Å². The number of hydrogen-bond acceptors (Lipinski definition) is 2. The number of carbonyl (C=O) groups excluding carboxylic acids is 1. The van der Waals surface area contributed by atoms with Gasteiger partial charge in [-0.25, -0.2) is 0 Å². The van der Waals surface area contributed by atoms with E-state index in [4.69, 9.17) is 4.74 Å². The van der Waals surface area contributed by atoms with E-state index in [1.807, 2.05) is 32.0 Å². The second kappa shape index (κ2) is 6.71. The third kappa shape index (κ3) is 4.06. The Morgan fingerprint density at radius 2 is 1.84 bits per heavy atom. The molecule has 1 aliphatic carbocycles. The van der Waals surface area contributed by atoms with E-state index in [-0.39, 0.29) is 18.6 Å². The van der Waals surface area contributed by atoms with Crippen molar-refractivity contribution in [2.45, 2.75) is 52.1 Å². The predicted octanol–water partition coefficient (Wildman–Crippen LogP) is 3.59. The maximum Gasteiger partial charge on any atom is 0.250 e. The van der Waals surface area contributed by atoms with Crippen molar-refractivity contribution in [2.24, 2.45) is 0 Å². The Labute approximate surface area is 115 Å². The highest BCUT2D eigenvalue weighted by atomic mass is 16.5. The highest BCUT2D eigenvalue weighted by Crippen LogP contribution is 2.21. The van der Waals surface area contributed by atoms with Gasteiger partial charge in [-0.05, 0) is 37.8 Å². The fraction of sp³-hybridized carbons (Fsp3) is 0.562. The van der Waals surface area contributed by atoms with E-state index in [0.717, 1.165) is 29.7 Å². The maximum absolute atomic E-state index is 11.9. The van der Waals surface area contributed by atoms with E-state index in [0.29, 0.717) is 0 Å². The zero-order chi connectivity index (χ0) is 13.7. The van der Waals surface area contributed by atoms with Crippen LogP contribution in [0.15, 0.2) is 18.2 Å². The van der Waals surface area contributed by atoms with E-state index >= 15 is 0 Å². The molecule has 1 aliphatic rings. The molecule has 1 N–H and O–H groups in total. The summed E-state index contributed by atoms with van der Waals surface area (Å²) < 4.78 is 5.68. The highest BCUT2D eigenvalue weighted by molar-refractivity contribution is 5.93. The molecule has 0 spiro atoms. The van der Waals surface area contributed by atoms with Gasteiger partial charge in [0.05, 0.1) is 6.10 Å². The molecule has 1 aromatic rings. The van der Waals surface area contributed by atoms with Crippen molar-refractivity contribution in [1.82, 2.24) is 0 Å². The van der Waals surface area contributed by atoms with Crippen LogP contribution in [-0.2, 0) is 9.53 Å². The number of para-hydroxylation sites is 1. The number of benzene rings is 1. The van der Waals surface area contributed by atoms with Crippen LogP contribution in [0.2, 0.25) is 0 Å². The van der Waals surface area contributed by atoms with Gasteiger partial charge in [-0.3, -0.25) is 4.79 Å². The number of anilines is 1. The number of hydrogen-bond donors (Lipinski definition) is 1. The van der Waals surface area contributed by atoms with Gasteiger partial charge in [-0.15, -0.1) is 0 Å². The maximum atomic E-state index is 11.9. The summed E-state index contributed by atoms with van der Waals surface area (Å²) in [5, 5.41) is 2.95. The average Bonchev–Trinajstić information content (AvgIpc) is 2.42. The Hall–Kier alpha value is -1.35. The van der Waals surface area contributed by atoms with Crippen molar-refractivity contribution in [3.8, 4) is 0 Å². The third-order valence-corrected chi connectivity index (χ3v) is 3.75. The molecule has 104 valence electrons. The van der Waals surface area contributed by atoms with Gasteiger partial charge in [-0.1, -0.05) is 37.5 Å². The molecule has 3 heteroatoms. The molecule has 1 saturated carbocycles. The minimum Gasteiger partial charge on any atom is -0.368 e. The van der Waals surface area contributed by atoms with Crippen molar-refractivity contribution in [3.63, 3.8) is 0 Å². The third-order valence-electron chi connectivity index (χ3n) is 3.75. The molecule has 0 heterocycles. The first kappa shape index (κ1) is 14.1. The molecule has 3 nitrogen and oxygen atoms in total. The van der Waals surface area contributed by atoms with E-state index in [2.05, 4.69) is 5.32 Å². The summed E-state index contributed by atoms with van der Waals surface area (Å²) in [6.45, 7) is 4.17. The first-order valence-corrected chi connectivity index (χ1v) is 7.14. The van der Waals surface area contributed by atoms with Crippen LogP contribution in [0.4, 0.5) is 5.69 Å². The Bertz CT molecular complexity index is 416. The molecular weight excluding hydrogens is 238 g/mol. The quantitative estimate of drug-likeness (QED) is 0.899. The normalized spacial score (nSPS) is 16.3. The molecule has 19 heavy (non-hydrogen) atoms. The Morgan fingerprint density at radius 1 is 1.21 bits per heavy atom. The van der Waals surface area contributed by atoms with Gasteiger partial charge in [0.25, 0.3) is 0 Å². The Kier molecular flexibility index (Phi) is 4.97. The van der Waals surface area contributed by atoms with Crippen LogP contribution < -0.4 is 5.32 Å². The monoisotopic (exact) mass is 261 g/mol. The first-order chi connectivity index (χ1) is 9.16. The lowest BCUT2D eigenvalue weighted by molar-refractivity contribution is -0.123. The predicted molar refractivity (Wildman–Crippen MR) is 77.4 cm³/mol. The molecule has 0 radical (unpaired) electrons. The molecule has 1 amide bonds. The van der Waals surface area contributed by atoms with Gasteiger partial charge in [0.1, 0.15) is 6.61 Å². The van der Waals surface area contributed by atoms with Crippen LogP contribution in [0.3, 0.4) is 0 Å².